The molecule has 0 aliphatic carbocycles. The number of hydrogen-bond donors (Lipinski definition) is 1. The average molecular weight is 414 g/mol. The molecule has 0 aromatic rings. The standard InChI is InChI=1S/C11H21N3.C10H22N2O.2CH4/c1-9-6-13(11(3,4)5)7-10(2)14(9)8-12;1-8-6-11(10(3,4)5)7-9(2)12(8)13;;/h9-10H,6-7H2,1-5H3;8-9,13H,6-7H2,1-5H3;2*1H4/t9-,10+;8-,9+;;. The molecule has 2 aliphatic heterocycles. The predicted molar refractivity (Wildman–Crippen MR) is 125 cm³/mol. The van der Waals surface area contributed by atoms with Crippen molar-refractivity contribution in [2.24, 2.45) is 0 Å². The maximum atomic E-state index is 9.64. The van der Waals surface area contributed by atoms with Gasteiger partial charge in [-0.25, -0.2) is 0 Å². The summed E-state index contributed by atoms with van der Waals surface area (Å²) in [5.74, 6) is 0. The second-order valence-corrected chi connectivity index (χ2v) is 10.4. The molecule has 2 saturated heterocycles. The largest absolute Gasteiger partial charge is 0.313 e. The van der Waals surface area contributed by atoms with E-state index in [0.29, 0.717) is 12.1 Å². The van der Waals surface area contributed by atoms with Crippen LogP contribution in [-0.2, 0) is 0 Å². The smallest absolute Gasteiger partial charge is 0.179 e. The van der Waals surface area contributed by atoms with E-state index in [1.807, 2.05) is 4.90 Å². The molecule has 174 valence electrons. The Morgan fingerprint density at radius 3 is 1.21 bits per heavy atom. The van der Waals surface area contributed by atoms with E-state index >= 15 is 0 Å². The van der Waals surface area contributed by atoms with Gasteiger partial charge in [-0.15, -0.1) is 0 Å². The molecule has 0 amide bonds. The predicted octanol–water partition coefficient (Wildman–Crippen LogP) is 4.50. The van der Waals surface area contributed by atoms with E-state index in [0.717, 1.165) is 26.2 Å². The van der Waals surface area contributed by atoms with Crippen LogP contribution in [0, 0.1) is 11.5 Å². The molecule has 2 fully saturated rings. The third-order valence-corrected chi connectivity index (χ3v) is 5.80. The zero-order valence-corrected chi connectivity index (χ0v) is 19.3. The van der Waals surface area contributed by atoms with E-state index in [2.05, 4.69) is 85.2 Å². The molecule has 1 N–H and O–H groups in total. The van der Waals surface area contributed by atoms with Crippen LogP contribution in [0.4, 0.5) is 0 Å². The summed E-state index contributed by atoms with van der Waals surface area (Å²) >= 11 is 0. The van der Waals surface area contributed by atoms with Crippen LogP contribution in [0.15, 0.2) is 0 Å². The molecule has 2 heterocycles. The second-order valence-electron chi connectivity index (χ2n) is 10.4. The van der Waals surface area contributed by atoms with Crippen molar-refractivity contribution in [2.75, 3.05) is 26.2 Å². The highest BCUT2D eigenvalue weighted by atomic mass is 16.5. The highest BCUT2D eigenvalue weighted by Gasteiger charge is 2.34. The fourth-order valence-electron chi connectivity index (χ4n) is 3.93. The quantitative estimate of drug-likeness (QED) is 0.590. The van der Waals surface area contributed by atoms with Crippen LogP contribution in [0.25, 0.3) is 0 Å². The van der Waals surface area contributed by atoms with Gasteiger partial charge in [-0.3, -0.25) is 9.80 Å². The molecule has 0 saturated carbocycles. The highest BCUT2D eigenvalue weighted by molar-refractivity contribution is 4.95. The molecule has 0 spiro atoms. The minimum atomic E-state index is 0. The number of hydrogen-bond acceptors (Lipinski definition) is 6. The van der Waals surface area contributed by atoms with Crippen molar-refractivity contribution < 1.29 is 5.21 Å². The number of rotatable bonds is 0. The molecule has 2 rings (SSSR count). The first-order valence-electron chi connectivity index (χ1n) is 10.3. The van der Waals surface area contributed by atoms with Gasteiger partial charge in [0.2, 0.25) is 0 Å². The lowest BCUT2D eigenvalue weighted by Gasteiger charge is -2.47. The summed E-state index contributed by atoms with van der Waals surface area (Å²) in [5.41, 5.74) is 0.424. The lowest BCUT2D eigenvalue weighted by atomic mass is 10.00. The molecule has 0 aromatic heterocycles. The first-order valence-corrected chi connectivity index (χ1v) is 10.3. The zero-order chi connectivity index (χ0) is 21.2. The summed E-state index contributed by atoms with van der Waals surface area (Å²) in [7, 11) is 0. The molecular formula is C23H51N5O. The van der Waals surface area contributed by atoms with Gasteiger partial charge in [0.15, 0.2) is 6.19 Å². The molecule has 29 heavy (non-hydrogen) atoms. The first-order chi connectivity index (χ1) is 12.2. The van der Waals surface area contributed by atoms with Crippen molar-refractivity contribution in [3.05, 3.63) is 0 Å². The first kappa shape index (κ1) is 30.3. The minimum absolute atomic E-state index is 0. The van der Waals surface area contributed by atoms with Crippen molar-refractivity contribution in [2.45, 2.75) is 119 Å². The van der Waals surface area contributed by atoms with Crippen molar-refractivity contribution in [1.82, 2.24) is 19.8 Å². The molecule has 4 atom stereocenters. The van der Waals surface area contributed by atoms with Gasteiger partial charge in [0.25, 0.3) is 0 Å². The Morgan fingerprint density at radius 2 is 0.966 bits per heavy atom. The van der Waals surface area contributed by atoms with Gasteiger partial charge >= 0.3 is 0 Å². The molecule has 2 aliphatic rings. The molecule has 0 unspecified atom stereocenters. The van der Waals surface area contributed by atoms with Crippen LogP contribution in [0.5, 0.6) is 0 Å². The van der Waals surface area contributed by atoms with Crippen molar-refractivity contribution in [1.29, 1.82) is 5.26 Å². The Kier molecular flexibility index (Phi) is 12.0. The van der Waals surface area contributed by atoms with Crippen LogP contribution in [0.3, 0.4) is 0 Å². The maximum Gasteiger partial charge on any atom is 0.179 e. The van der Waals surface area contributed by atoms with E-state index in [-0.39, 0.29) is 38.0 Å². The Balaban J connectivity index is 0. The van der Waals surface area contributed by atoms with Gasteiger partial charge in [0.1, 0.15) is 0 Å². The second kappa shape index (κ2) is 11.5. The van der Waals surface area contributed by atoms with Crippen molar-refractivity contribution in [3.63, 3.8) is 0 Å². The van der Waals surface area contributed by atoms with E-state index in [1.165, 1.54) is 5.06 Å². The lowest BCUT2D eigenvalue weighted by Crippen LogP contribution is -2.59. The highest BCUT2D eigenvalue weighted by Crippen LogP contribution is 2.22. The topological polar surface area (TPSA) is 57.0 Å². The summed E-state index contributed by atoms with van der Waals surface area (Å²) < 4.78 is 0. The van der Waals surface area contributed by atoms with E-state index in [4.69, 9.17) is 5.26 Å². The fraction of sp³-hybridized carbons (Fsp3) is 0.957. The Hall–Kier alpha value is -0.870. The summed E-state index contributed by atoms with van der Waals surface area (Å²) in [6.45, 7) is 25.6. The summed E-state index contributed by atoms with van der Waals surface area (Å²) in [4.78, 5) is 6.79. The van der Waals surface area contributed by atoms with Crippen LogP contribution in [0.2, 0.25) is 0 Å². The van der Waals surface area contributed by atoms with Gasteiger partial charge in [-0.1, -0.05) is 14.9 Å². The van der Waals surface area contributed by atoms with Crippen LogP contribution >= 0.6 is 0 Å². The van der Waals surface area contributed by atoms with Crippen LogP contribution < -0.4 is 0 Å². The van der Waals surface area contributed by atoms with Gasteiger partial charge in [-0.2, -0.15) is 10.3 Å². The normalized spacial score (nSPS) is 29.7. The maximum absolute atomic E-state index is 9.64. The summed E-state index contributed by atoms with van der Waals surface area (Å²) in [6, 6.07) is 1.15. The van der Waals surface area contributed by atoms with Crippen LogP contribution in [0.1, 0.15) is 84.1 Å². The zero-order valence-electron chi connectivity index (χ0n) is 19.3. The molecule has 0 bridgehead atoms. The van der Waals surface area contributed by atoms with Gasteiger partial charge in [-0.05, 0) is 69.2 Å². The van der Waals surface area contributed by atoms with Gasteiger partial charge < -0.3 is 10.1 Å². The average Bonchev–Trinajstić information content (AvgIpc) is 2.50. The third kappa shape index (κ3) is 8.41. The lowest BCUT2D eigenvalue weighted by molar-refractivity contribution is -0.189. The molecular weight excluding hydrogens is 362 g/mol. The molecule has 0 radical (unpaired) electrons. The van der Waals surface area contributed by atoms with Crippen molar-refractivity contribution >= 4 is 0 Å². The molecule has 0 aromatic carbocycles. The summed E-state index contributed by atoms with van der Waals surface area (Å²) in [5, 5.41) is 20.1. The SMILES string of the molecule is C.C.C[C@@H]1CN(C(C)(C)C)C[C@H](C)N1C#N.C[C@@H]1CN(C(C)(C)C)C[C@H](C)N1O. The Bertz CT molecular complexity index is 481. The Morgan fingerprint density at radius 1 is 0.690 bits per heavy atom. The number of nitrogens with zero attached hydrogens (tertiary/aromatic N) is 5. The van der Waals surface area contributed by atoms with E-state index in [9.17, 15) is 5.21 Å². The van der Waals surface area contributed by atoms with Gasteiger partial charge in [0, 0.05) is 61.4 Å². The summed E-state index contributed by atoms with van der Waals surface area (Å²) in [6.07, 6.45) is 2.28. The van der Waals surface area contributed by atoms with E-state index in [1.54, 1.807) is 0 Å². The number of piperazine rings is 2. The molecule has 6 nitrogen and oxygen atoms in total. The van der Waals surface area contributed by atoms with Crippen LogP contribution in [-0.4, -0.2) is 86.4 Å². The van der Waals surface area contributed by atoms with E-state index < -0.39 is 0 Å². The fourth-order valence-corrected chi connectivity index (χ4v) is 3.93. The monoisotopic (exact) mass is 413 g/mol. The van der Waals surface area contributed by atoms with Crippen molar-refractivity contribution in [3.8, 4) is 6.19 Å². The number of hydroxylamine groups is 2. The third-order valence-electron chi connectivity index (χ3n) is 5.80. The minimum Gasteiger partial charge on any atom is -0.313 e. The Labute approximate surface area is 182 Å². The number of nitriles is 1. The van der Waals surface area contributed by atoms with Gasteiger partial charge in [0.05, 0.1) is 0 Å². The molecule has 6 heteroatoms.